The summed E-state index contributed by atoms with van der Waals surface area (Å²) in [5.41, 5.74) is 3.68. The lowest BCUT2D eigenvalue weighted by atomic mass is 10.1. The van der Waals surface area contributed by atoms with Crippen LogP contribution in [-0.4, -0.2) is 66.9 Å². The number of piperazine rings is 1. The Morgan fingerprint density at radius 2 is 2.00 bits per heavy atom. The third-order valence-electron chi connectivity index (χ3n) is 5.12. The van der Waals surface area contributed by atoms with Crippen LogP contribution in [0, 0.1) is 12.8 Å². The standard InChI is InChI=1S/C18H26FN3O2/c1-14-2-3-16(13-20-6-8-21(9-7-20)18(23)24)17(10-14)22-5-4-15(11-19)12-22/h2-3,10,15H,4-9,11-13H2,1H3,(H,23,24)/t15-/m1/s1. The molecule has 2 fully saturated rings. The lowest BCUT2D eigenvalue weighted by Crippen LogP contribution is -2.47. The summed E-state index contributed by atoms with van der Waals surface area (Å²) in [6.07, 6.45) is 0.0845. The molecule has 1 aromatic carbocycles. The highest BCUT2D eigenvalue weighted by Crippen LogP contribution is 2.29. The number of anilines is 1. The third-order valence-corrected chi connectivity index (χ3v) is 5.12. The van der Waals surface area contributed by atoms with E-state index in [4.69, 9.17) is 5.11 Å². The van der Waals surface area contributed by atoms with Crippen molar-refractivity contribution in [2.24, 2.45) is 5.92 Å². The van der Waals surface area contributed by atoms with Gasteiger partial charge >= 0.3 is 6.09 Å². The smallest absolute Gasteiger partial charge is 0.407 e. The zero-order valence-electron chi connectivity index (χ0n) is 14.2. The molecule has 1 atom stereocenters. The maximum absolute atomic E-state index is 13.0. The summed E-state index contributed by atoms with van der Waals surface area (Å²) in [4.78, 5) is 17.1. The monoisotopic (exact) mass is 335 g/mol. The highest BCUT2D eigenvalue weighted by atomic mass is 19.1. The lowest BCUT2D eigenvalue weighted by Gasteiger charge is -2.34. The summed E-state index contributed by atoms with van der Waals surface area (Å²) in [6.45, 7) is 7.00. The van der Waals surface area contributed by atoms with Gasteiger partial charge in [-0.05, 0) is 30.5 Å². The molecule has 0 saturated carbocycles. The maximum Gasteiger partial charge on any atom is 0.407 e. The van der Waals surface area contributed by atoms with Crippen LogP contribution in [0.4, 0.5) is 14.9 Å². The van der Waals surface area contributed by atoms with Crippen molar-refractivity contribution in [2.45, 2.75) is 19.9 Å². The molecule has 0 spiro atoms. The molecule has 6 heteroatoms. The highest BCUT2D eigenvalue weighted by molar-refractivity contribution is 5.65. The minimum absolute atomic E-state index is 0.150. The predicted octanol–water partition coefficient (Wildman–Crippen LogP) is 2.59. The molecular weight excluding hydrogens is 309 g/mol. The zero-order valence-corrected chi connectivity index (χ0v) is 14.2. The SMILES string of the molecule is Cc1ccc(CN2CCN(C(=O)O)CC2)c(N2CC[C@H](CF)C2)c1. The predicted molar refractivity (Wildman–Crippen MR) is 92.3 cm³/mol. The molecule has 3 rings (SSSR count). The van der Waals surface area contributed by atoms with Crippen molar-refractivity contribution in [3.8, 4) is 0 Å². The van der Waals surface area contributed by atoms with E-state index in [1.807, 2.05) is 0 Å². The van der Waals surface area contributed by atoms with Crippen molar-refractivity contribution >= 4 is 11.8 Å². The highest BCUT2D eigenvalue weighted by Gasteiger charge is 2.26. The summed E-state index contributed by atoms with van der Waals surface area (Å²) in [5, 5.41) is 9.05. The van der Waals surface area contributed by atoms with Crippen LogP contribution < -0.4 is 4.90 Å². The van der Waals surface area contributed by atoms with Crippen molar-refractivity contribution in [2.75, 3.05) is 50.8 Å². The Morgan fingerprint density at radius 1 is 1.25 bits per heavy atom. The van der Waals surface area contributed by atoms with Crippen LogP contribution in [0.15, 0.2) is 18.2 Å². The minimum Gasteiger partial charge on any atom is -0.465 e. The van der Waals surface area contributed by atoms with Gasteiger partial charge in [-0.15, -0.1) is 0 Å². The van der Waals surface area contributed by atoms with Gasteiger partial charge < -0.3 is 14.9 Å². The summed E-state index contributed by atoms with van der Waals surface area (Å²) < 4.78 is 13.0. The molecule has 1 N–H and O–H groups in total. The summed E-state index contributed by atoms with van der Waals surface area (Å²) >= 11 is 0. The third kappa shape index (κ3) is 3.80. The van der Waals surface area contributed by atoms with Gasteiger partial charge in [-0.1, -0.05) is 12.1 Å². The number of carboxylic acid groups (broad SMARTS) is 1. The van der Waals surface area contributed by atoms with Crippen molar-refractivity contribution in [3.05, 3.63) is 29.3 Å². The van der Waals surface area contributed by atoms with Gasteiger partial charge in [0.2, 0.25) is 0 Å². The van der Waals surface area contributed by atoms with E-state index >= 15 is 0 Å². The Bertz CT molecular complexity index is 588. The van der Waals surface area contributed by atoms with Crippen LogP contribution >= 0.6 is 0 Å². The lowest BCUT2D eigenvalue weighted by molar-refractivity contribution is 0.103. The fraction of sp³-hybridized carbons (Fsp3) is 0.611. The molecule has 2 heterocycles. The van der Waals surface area contributed by atoms with Crippen LogP contribution in [-0.2, 0) is 6.54 Å². The van der Waals surface area contributed by atoms with Crippen molar-refractivity contribution in [1.82, 2.24) is 9.80 Å². The van der Waals surface area contributed by atoms with E-state index in [1.165, 1.54) is 21.7 Å². The van der Waals surface area contributed by atoms with Crippen molar-refractivity contribution in [3.63, 3.8) is 0 Å². The number of carbonyl (C=O) groups is 1. The zero-order chi connectivity index (χ0) is 17.1. The first-order valence-corrected chi connectivity index (χ1v) is 8.67. The number of aryl methyl sites for hydroxylation is 1. The Hall–Kier alpha value is -1.82. The number of halogens is 1. The molecule has 2 aliphatic heterocycles. The van der Waals surface area contributed by atoms with E-state index in [0.29, 0.717) is 13.1 Å². The molecule has 0 unspecified atom stereocenters. The molecule has 0 bridgehead atoms. The molecular formula is C18H26FN3O2. The number of amides is 1. The summed E-state index contributed by atoms with van der Waals surface area (Å²) in [5.74, 6) is 0.150. The summed E-state index contributed by atoms with van der Waals surface area (Å²) in [7, 11) is 0. The molecule has 1 aromatic rings. The van der Waals surface area contributed by atoms with Gasteiger partial charge in [-0.25, -0.2) is 4.79 Å². The van der Waals surface area contributed by atoms with E-state index in [2.05, 4.69) is 34.9 Å². The van der Waals surface area contributed by atoms with Crippen molar-refractivity contribution < 1.29 is 14.3 Å². The van der Waals surface area contributed by atoms with Crippen LogP contribution in [0.5, 0.6) is 0 Å². The van der Waals surface area contributed by atoms with Gasteiger partial charge in [-0.2, -0.15) is 0 Å². The Kier molecular flexibility index (Phi) is 5.23. The molecule has 132 valence electrons. The van der Waals surface area contributed by atoms with Gasteiger partial charge in [-0.3, -0.25) is 9.29 Å². The summed E-state index contributed by atoms with van der Waals surface area (Å²) in [6, 6.07) is 6.48. The topological polar surface area (TPSA) is 47.0 Å². The number of alkyl halides is 1. The van der Waals surface area contributed by atoms with Gasteiger partial charge in [0.1, 0.15) is 0 Å². The number of hydrogen-bond donors (Lipinski definition) is 1. The second-order valence-corrected chi connectivity index (χ2v) is 6.93. The molecule has 2 aliphatic rings. The first kappa shape index (κ1) is 17.0. The normalized spacial score (nSPS) is 22.2. The number of hydrogen-bond acceptors (Lipinski definition) is 3. The molecule has 0 aromatic heterocycles. The molecule has 1 amide bonds. The van der Waals surface area contributed by atoms with Gasteiger partial charge in [0.15, 0.2) is 0 Å². The van der Waals surface area contributed by atoms with Gasteiger partial charge in [0.05, 0.1) is 6.67 Å². The first-order valence-electron chi connectivity index (χ1n) is 8.67. The van der Waals surface area contributed by atoms with Gasteiger partial charge in [0, 0.05) is 57.4 Å². The van der Waals surface area contributed by atoms with Crippen molar-refractivity contribution in [1.29, 1.82) is 0 Å². The first-order chi connectivity index (χ1) is 11.6. The van der Waals surface area contributed by atoms with E-state index in [-0.39, 0.29) is 12.6 Å². The fourth-order valence-electron chi connectivity index (χ4n) is 3.62. The Balaban J connectivity index is 1.69. The van der Waals surface area contributed by atoms with Crippen LogP contribution in [0.3, 0.4) is 0 Å². The molecule has 2 saturated heterocycles. The molecule has 0 aliphatic carbocycles. The second-order valence-electron chi connectivity index (χ2n) is 6.93. The Labute approximate surface area is 142 Å². The van der Waals surface area contributed by atoms with Crippen LogP contribution in [0.2, 0.25) is 0 Å². The largest absolute Gasteiger partial charge is 0.465 e. The molecule has 0 radical (unpaired) electrons. The number of nitrogens with zero attached hydrogens (tertiary/aromatic N) is 3. The average Bonchev–Trinajstić information content (AvgIpc) is 3.06. The van der Waals surface area contributed by atoms with Crippen LogP contribution in [0.25, 0.3) is 0 Å². The minimum atomic E-state index is -0.833. The van der Waals surface area contributed by atoms with E-state index in [9.17, 15) is 9.18 Å². The molecule has 5 nitrogen and oxygen atoms in total. The molecule has 24 heavy (non-hydrogen) atoms. The Morgan fingerprint density at radius 3 is 2.62 bits per heavy atom. The van der Waals surface area contributed by atoms with E-state index in [0.717, 1.165) is 39.1 Å². The quantitative estimate of drug-likeness (QED) is 0.919. The average molecular weight is 335 g/mol. The fourth-order valence-corrected chi connectivity index (χ4v) is 3.62. The second kappa shape index (κ2) is 7.38. The maximum atomic E-state index is 13.0. The van der Waals surface area contributed by atoms with E-state index in [1.54, 1.807) is 0 Å². The van der Waals surface area contributed by atoms with Gasteiger partial charge in [0.25, 0.3) is 0 Å². The number of rotatable bonds is 4. The van der Waals surface area contributed by atoms with Crippen LogP contribution in [0.1, 0.15) is 17.5 Å². The van der Waals surface area contributed by atoms with E-state index < -0.39 is 6.09 Å². The number of benzene rings is 1.